The van der Waals surface area contributed by atoms with Gasteiger partial charge in [0.05, 0.1) is 9.21 Å². The molecule has 0 saturated carbocycles. The second kappa shape index (κ2) is 5.99. The number of rotatable bonds is 5. The van der Waals surface area contributed by atoms with Crippen LogP contribution in [-0.4, -0.2) is 31.2 Å². The molecule has 2 aromatic rings. The molecule has 0 aromatic carbocycles. The van der Waals surface area contributed by atoms with E-state index in [9.17, 15) is 4.79 Å². The summed E-state index contributed by atoms with van der Waals surface area (Å²) in [6.07, 6.45) is 0. The van der Waals surface area contributed by atoms with Gasteiger partial charge in [-0.2, -0.15) is 0 Å². The molecule has 0 unspecified atom stereocenters. The summed E-state index contributed by atoms with van der Waals surface area (Å²) in [6, 6.07) is 5.21. The first-order valence-electron chi connectivity index (χ1n) is 5.36. The third kappa shape index (κ3) is 3.10. The summed E-state index contributed by atoms with van der Waals surface area (Å²) in [7, 11) is 1.82. The van der Waals surface area contributed by atoms with E-state index in [1.807, 2.05) is 13.1 Å². The maximum atomic E-state index is 11.7. The van der Waals surface area contributed by atoms with Crippen molar-refractivity contribution in [3.8, 4) is 10.6 Å². The molecule has 2 aromatic heterocycles. The number of likely N-dealkylation sites (N-methyl/N-ethyl adjacent to an activating group) is 1. The lowest BCUT2D eigenvalue weighted by Crippen LogP contribution is -2.30. The van der Waals surface area contributed by atoms with Crippen LogP contribution in [0.3, 0.4) is 0 Å². The van der Waals surface area contributed by atoms with E-state index in [0.717, 1.165) is 4.88 Å². The highest BCUT2D eigenvalue weighted by Gasteiger charge is 2.14. The molecule has 1 amide bonds. The van der Waals surface area contributed by atoms with Crippen LogP contribution in [0.5, 0.6) is 0 Å². The van der Waals surface area contributed by atoms with Gasteiger partial charge in [-0.3, -0.25) is 4.79 Å². The summed E-state index contributed by atoms with van der Waals surface area (Å²) >= 11 is 7.21. The van der Waals surface area contributed by atoms with Gasteiger partial charge in [-0.1, -0.05) is 16.8 Å². The van der Waals surface area contributed by atoms with E-state index in [1.165, 1.54) is 11.3 Å². The number of aromatic nitrogens is 1. The Morgan fingerprint density at radius 2 is 2.33 bits per heavy atom. The molecule has 2 heterocycles. The van der Waals surface area contributed by atoms with Crippen LogP contribution in [-0.2, 0) is 0 Å². The van der Waals surface area contributed by atoms with Crippen molar-refractivity contribution in [3.05, 3.63) is 28.2 Å². The number of thiophene rings is 1. The highest BCUT2D eigenvalue weighted by Crippen LogP contribution is 2.31. The molecule has 5 nitrogen and oxygen atoms in total. The topological polar surface area (TPSA) is 67.2 Å². The zero-order valence-electron chi connectivity index (χ0n) is 9.70. The first-order valence-corrected chi connectivity index (χ1v) is 6.55. The minimum absolute atomic E-state index is 0.247. The Kier molecular flexibility index (Phi) is 4.35. The Labute approximate surface area is 113 Å². The number of halogens is 1. The molecule has 0 bridgehead atoms. The van der Waals surface area contributed by atoms with Crippen LogP contribution in [0.1, 0.15) is 10.5 Å². The zero-order valence-corrected chi connectivity index (χ0v) is 11.3. The van der Waals surface area contributed by atoms with Crippen molar-refractivity contribution < 1.29 is 9.32 Å². The van der Waals surface area contributed by atoms with Crippen LogP contribution < -0.4 is 10.6 Å². The SMILES string of the molecule is CNCCNC(=O)c1cc(-c2ccc(Cl)s2)on1. The van der Waals surface area contributed by atoms with E-state index in [-0.39, 0.29) is 11.6 Å². The minimum Gasteiger partial charge on any atom is -0.355 e. The molecule has 0 aliphatic carbocycles. The van der Waals surface area contributed by atoms with Crippen molar-refractivity contribution in [2.75, 3.05) is 20.1 Å². The van der Waals surface area contributed by atoms with Crippen LogP contribution in [0.2, 0.25) is 4.34 Å². The van der Waals surface area contributed by atoms with Crippen molar-refractivity contribution >= 4 is 28.8 Å². The van der Waals surface area contributed by atoms with Crippen molar-refractivity contribution in [3.63, 3.8) is 0 Å². The van der Waals surface area contributed by atoms with Gasteiger partial charge >= 0.3 is 0 Å². The number of nitrogens with one attached hydrogen (secondary N) is 2. The van der Waals surface area contributed by atoms with Gasteiger partial charge in [-0.05, 0) is 19.2 Å². The van der Waals surface area contributed by atoms with Crippen molar-refractivity contribution in [1.29, 1.82) is 0 Å². The quantitative estimate of drug-likeness (QED) is 0.825. The van der Waals surface area contributed by atoms with Crippen molar-refractivity contribution in [2.24, 2.45) is 0 Å². The van der Waals surface area contributed by atoms with E-state index in [2.05, 4.69) is 15.8 Å². The lowest BCUT2D eigenvalue weighted by molar-refractivity contribution is 0.0945. The molecule has 18 heavy (non-hydrogen) atoms. The van der Waals surface area contributed by atoms with E-state index in [1.54, 1.807) is 12.1 Å². The fourth-order valence-corrected chi connectivity index (χ4v) is 2.33. The lowest BCUT2D eigenvalue weighted by Gasteiger charge is -2.00. The highest BCUT2D eigenvalue weighted by atomic mass is 35.5. The Bertz CT molecular complexity index is 538. The van der Waals surface area contributed by atoms with Gasteiger partial charge in [-0.15, -0.1) is 11.3 Å². The maximum Gasteiger partial charge on any atom is 0.273 e. The maximum absolute atomic E-state index is 11.7. The fourth-order valence-electron chi connectivity index (χ4n) is 1.34. The fraction of sp³-hybridized carbons (Fsp3) is 0.273. The Hall–Kier alpha value is -1.37. The largest absolute Gasteiger partial charge is 0.355 e. The summed E-state index contributed by atoms with van der Waals surface area (Å²) in [4.78, 5) is 12.5. The molecule has 0 fully saturated rings. The molecule has 0 atom stereocenters. The average Bonchev–Trinajstić information content (AvgIpc) is 2.97. The van der Waals surface area contributed by atoms with Crippen molar-refractivity contribution in [2.45, 2.75) is 0 Å². The standard InChI is InChI=1S/C11H12ClN3O2S/c1-13-4-5-14-11(16)7-6-8(17-15-7)9-2-3-10(12)18-9/h2-3,6,13H,4-5H2,1H3,(H,14,16). The van der Waals surface area contributed by atoms with E-state index < -0.39 is 0 Å². The number of amides is 1. The first kappa shape index (κ1) is 13.1. The molecule has 0 aliphatic rings. The summed E-state index contributed by atoms with van der Waals surface area (Å²) in [5, 5.41) is 9.40. The molecule has 0 spiro atoms. The van der Waals surface area contributed by atoms with Crippen LogP contribution in [0.25, 0.3) is 10.6 Å². The Morgan fingerprint density at radius 3 is 3.00 bits per heavy atom. The second-order valence-corrected chi connectivity index (χ2v) is 5.25. The zero-order chi connectivity index (χ0) is 13.0. The Balaban J connectivity index is 2.04. The minimum atomic E-state index is -0.247. The van der Waals surface area contributed by atoms with E-state index >= 15 is 0 Å². The third-order valence-corrected chi connectivity index (χ3v) is 3.47. The molecule has 2 N–H and O–H groups in total. The van der Waals surface area contributed by atoms with Gasteiger partial charge in [0.15, 0.2) is 11.5 Å². The molecule has 0 saturated heterocycles. The van der Waals surface area contributed by atoms with E-state index in [0.29, 0.717) is 23.2 Å². The van der Waals surface area contributed by atoms with Crippen LogP contribution >= 0.6 is 22.9 Å². The average molecular weight is 286 g/mol. The number of hydrogen-bond donors (Lipinski definition) is 2. The molecule has 0 aliphatic heterocycles. The monoisotopic (exact) mass is 285 g/mol. The third-order valence-electron chi connectivity index (χ3n) is 2.22. The van der Waals surface area contributed by atoms with Crippen LogP contribution in [0.15, 0.2) is 22.7 Å². The normalized spacial score (nSPS) is 10.6. The smallest absolute Gasteiger partial charge is 0.273 e. The molecule has 96 valence electrons. The van der Waals surface area contributed by atoms with E-state index in [4.69, 9.17) is 16.1 Å². The molecular weight excluding hydrogens is 274 g/mol. The van der Waals surface area contributed by atoms with Gasteiger partial charge in [0.1, 0.15) is 0 Å². The first-order chi connectivity index (χ1) is 8.70. The van der Waals surface area contributed by atoms with Gasteiger partial charge in [0.2, 0.25) is 0 Å². The van der Waals surface area contributed by atoms with Crippen LogP contribution in [0.4, 0.5) is 0 Å². The summed E-state index contributed by atoms with van der Waals surface area (Å²) in [6.45, 7) is 1.25. The van der Waals surface area contributed by atoms with Crippen molar-refractivity contribution in [1.82, 2.24) is 15.8 Å². The highest BCUT2D eigenvalue weighted by molar-refractivity contribution is 7.19. The number of carbonyl (C=O) groups is 1. The number of hydrogen-bond acceptors (Lipinski definition) is 5. The Morgan fingerprint density at radius 1 is 1.50 bits per heavy atom. The second-order valence-electron chi connectivity index (χ2n) is 3.54. The summed E-state index contributed by atoms with van der Waals surface area (Å²) < 4.78 is 5.78. The van der Waals surface area contributed by atoms with Gasteiger partial charge in [0, 0.05) is 19.2 Å². The molecule has 0 radical (unpaired) electrons. The van der Waals surface area contributed by atoms with Gasteiger partial charge in [0.25, 0.3) is 5.91 Å². The predicted octanol–water partition coefficient (Wildman–Crippen LogP) is 2.01. The summed E-state index contributed by atoms with van der Waals surface area (Å²) in [5.74, 6) is 0.300. The molecular formula is C11H12ClN3O2S. The number of carbonyl (C=O) groups excluding carboxylic acids is 1. The number of nitrogens with zero attached hydrogens (tertiary/aromatic N) is 1. The van der Waals surface area contributed by atoms with Gasteiger partial charge < -0.3 is 15.2 Å². The van der Waals surface area contributed by atoms with Gasteiger partial charge in [-0.25, -0.2) is 0 Å². The lowest BCUT2D eigenvalue weighted by atomic mass is 10.3. The molecule has 2 rings (SSSR count). The molecule has 7 heteroatoms. The summed E-state index contributed by atoms with van der Waals surface area (Å²) in [5.41, 5.74) is 0.269. The van der Waals surface area contributed by atoms with Crippen LogP contribution in [0, 0.1) is 0 Å². The predicted molar refractivity (Wildman–Crippen MR) is 71.1 cm³/mol.